The molecule has 54 heteroatoms. The zero-order valence-electron chi connectivity index (χ0n) is 52.8. The third kappa shape index (κ3) is 16.1. The van der Waals surface area contributed by atoms with Crippen LogP contribution in [0.1, 0.15) is 31.1 Å². The summed E-state index contributed by atoms with van der Waals surface area (Å²) in [5.74, 6) is 1.09. The minimum absolute atomic E-state index is 0.218. The minimum atomic E-state index is -5.05. The van der Waals surface area contributed by atoms with Gasteiger partial charge >= 0.3 is 15.6 Å². The molecule has 5 aliphatic rings. The van der Waals surface area contributed by atoms with E-state index in [1.807, 2.05) is 0 Å². The number of aliphatic hydroxyl groups excluding tert-OH is 15. The maximum Gasteiger partial charge on any atom is 0.478 e. The predicted molar refractivity (Wildman–Crippen MR) is 339 cm³/mol. The third-order valence-corrected chi connectivity index (χ3v) is 17.8. The molecule has 0 aromatic carbocycles. The Morgan fingerprint density at radius 1 is 0.298 bits per heavy atom. The van der Waals surface area contributed by atoms with Gasteiger partial charge in [-0.15, -0.1) is 0 Å². The first-order valence-corrected chi connectivity index (χ1v) is 33.0. The second-order valence-corrected chi connectivity index (χ2v) is 25.2. The first-order valence-electron chi connectivity index (χ1n) is 30.0. The SMILES string of the molecule is Nc1ncnc2c1ncn2[C@@H]1O[C@H](CO)[C@@H](O)[C@H]1O.Nc1ncnc2c1ncn2[C@@H]1O[C@H](CO)[C@@H](O)[C@H]1O.Nc1ncnc2c1ncn2[C@@H]1O[C@H](CO)[C@@H](O)[C@H]1O.Nc1ncnc2c1ncn2[C@@H]1O[C@H](CO)[C@@H](O)[C@H]1O.Nc1ncnc2c1ncn2[C@@H]1O[C@H](CO)[C@@H](O)[C@H]1O.O=P(O)(O)OP(=O)(O)O. The highest BCUT2D eigenvalue weighted by Gasteiger charge is 2.48. The lowest BCUT2D eigenvalue weighted by Crippen LogP contribution is -2.33. The van der Waals surface area contributed by atoms with Crippen LogP contribution in [0.4, 0.5) is 29.1 Å². The molecule has 0 unspecified atom stereocenters. The average Bonchev–Trinajstić information content (AvgIpc) is 1.65. The van der Waals surface area contributed by atoms with Gasteiger partial charge in [0.1, 0.15) is 151 Å². The van der Waals surface area contributed by atoms with E-state index in [4.69, 9.17) is 97.5 Å². The van der Waals surface area contributed by atoms with Crippen molar-refractivity contribution >= 4 is 101 Å². The number of hydrogen-bond donors (Lipinski definition) is 24. The maximum absolute atomic E-state index is 9.95. The summed E-state index contributed by atoms with van der Waals surface area (Å²) in [6, 6.07) is 0. The van der Waals surface area contributed by atoms with Crippen molar-refractivity contribution < 1.29 is 133 Å². The molecule has 104 heavy (non-hydrogen) atoms. The van der Waals surface area contributed by atoms with Crippen molar-refractivity contribution in [3.8, 4) is 0 Å². The van der Waals surface area contributed by atoms with Gasteiger partial charge in [-0.25, -0.2) is 83.9 Å². The summed E-state index contributed by atoms with van der Waals surface area (Å²) in [5.41, 5.74) is 32.2. The molecule has 0 amide bonds. The van der Waals surface area contributed by atoms with Crippen molar-refractivity contribution in [2.75, 3.05) is 61.7 Å². The molecular weight excluding hydrogens is 1440 g/mol. The Morgan fingerprint density at radius 3 is 0.587 bits per heavy atom. The number of aromatic nitrogens is 20. The Morgan fingerprint density at radius 2 is 0.462 bits per heavy atom. The average molecular weight is 1510 g/mol. The minimum Gasteiger partial charge on any atom is -0.394 e. The van der Waals surface area contributed by atoms with E-state index in [9.17, 15) is 60.2 Å². The van der Waals surface area contributed by atoms with Crippen molar-refractivity contribution in [1.29, 1.82) is 0 Å². The lowest BCUT2D eigenvalue weighted by atomic mass is 10.1. The highest BCUT2D eigenvalue weighted by molar-refractivity contribution is 7.60. The molecule has 5 aliphatic heterocycles. The predicted octanol–water partition coefficient (Wildman–Crippen LogP) is -10.7. The number of nitrogens with zero attached hydrogens (tertiary/aromatic N) is 20. The lowest BCUT2D eigenvalue weighted by molar-refractivity contribution is -0.0511. The van der Waals surface area contributed by atoms with E-state index in [0.717, 1.165) is 0 Å². The first kappa shape index (κ1) is 77.8. The first-order chi connectivity index (χ1) is 49.4. The molecule has 566 valence electrons. The number of aliphatic hydroxyl groups is 15. The molecule has 20 atom stereocenters. The second kappa shape index (κ2) is 32.3. The standard InChI is InChI=1S/5C10H13N5O4.H4O7P2/c5*11-8-5-9(13-2-12-8)15(3-14-5)10-7(18)6(17)4(1-16)19-10;1-8(2,3)7-9(4,5)6/h5*2-4,6-7,10,16-18H,1H2,(H2,11,12,13);(H2,1,2,3)(H2,4,5,6)/t5*4-,6-,7-,10-;/m11111./s1. The summed E-state index contributed by atoms with van der Waals surface area (Å²) in [4.78, 5) is 90.5. The van der Waals surface area contributed by atoms with E-state index in [2.05, 4.69) is 79.1 Å². The molecule has 15 heterocycles. The van der Waals surface area contributed by atoms with Gasteiger partial charge in [-0.05, 0) is 0 Å². The van der Waals surface area contributed by atoms with E-state index in [1.54, 1.807) is 0 Å². The van der Waals surface area contributed by atoms with Gasteiger partial charge in [-0.3, -0.25) is 22.8 Å². The van der Waals surface area contributed by atoms with E-state index in [0.29, 0.717) is 55.8 Å². The topological polar surface area (TPSA) is 822 Å². The van der Waals surface area contributed by atoms with Crippen LogP contribution in [0, 0.1) is 0 Å². The van der Waals surface area contributed by atoms with Gasteiger partial charge in [-0.1, -0.05) is 0 Å². The van der Waals surface area contributed by atoms with Gasteiger partial charge < -0.3 is 149 Å². The molecule has 0 bridgehead atoms. The molecule has 0 aliphatic carbocycles. The van der Waals surface area contributed by atoms with Crippen molar-refractivity contribution in [2.24, 2.45) is 0 Å². The molecule has 0 radical (unpaired) electrons. The number of nitrogen functional groups attached to an aromatic ring is 5. The van der Waals surface area contributed by atoms with E-state index < -0.39 is 171 Å². The Balaban J connectivity index is 0.000000136. The van der Waals surface area contributed by atoms with E-state index >= 15 is 0 Å². The largest absolute Gasteiger partial charge is 0.478 e. The zero-order valence-corrected chi connectivity index (χ0v) is 54.6. The third-order valence-electron chi connectivity index (χ3n) is 16.1. The van der Waals surface area contributed by atoms with Gasteiger partial charge in [0, 0.05) is 0 Å². The molecule has 5 saturated heterocycles. The molecule has 15 rings (SSSR count). The highest BCUT2D eigenvalue weighted by atomic mass is 31.3. The lowest BCUT2D eigenvalue weighted by Gasteiger charge is -2.16. The smallest absolute Gasteiger partial charge is 0.394 e. The van der Waals surface area contributed by atoms with Crippen molar-refractivity contribution in [1.82, 2.24) is 97.6 Å². The highest BCUT2D eigenvalue weighted by Crippen LogP contribution is 2.54. The summed E-state index contributed by atoms with van der Waals surface area (Å²) in [5, 5.41) is 144. The van der Waals surface area contributed by atoms with Crippen LogP contribution in [-0.2, 0) is 37.1 Å². The van der Waals surface area contributed by atoms with Crippen LogP contribution >= 0.6 is 15.6 Å². The van der Waals surface area contributed by atoms with Crippen LogP contribution in [0.5, 0.6) is 0 Å². The van der Waals surface area contributed by atoms with E-state index in [1.165, 1.54) is 86.1 Å². The van der Waals surface area contributed by atoms with Crippen molar-refractivity contribution in [3.63, 3.8) is 0 Å². The Labute approximate surface area is 577 Å². The van der Waals surface area contributed by atoms with Gasteiger partial charge in [0.05, 0.1) is 64.7 Å². The fourth-order valence-electron chi connectivity index (χ4n) is 11.0. The van der Waals surface area contributed by atoms with Gasteiger partial charge in [-0.2, -0.15) is 4.31 Å². The second-order valence-electron chi connectivity index (χ2n) is 22.6. The van der Waals surface area contributed by atoms with Crippen LogP contribution in [0.2, 0.25) is 0 Å². The fourth-order valence-corrected chi connectivity index (χ4v) is 12.1. The summed E-state index contributed by atoms with van der Waals surface area (Å²) in [6.45, 7) is -1.95. The quantitative estimate of drug-likeness (QED) is 0.0505. The van der Waals surface area contributed by atoms with E-state index in [-0.39, 0.29) is 29.1 Å². The van der Waals surface area contributed by atoms with Crippen molar-refractivity contribution in [3.05, 3.63) is 63.3 Å². The molecule has 0 saturated carbocycles. The van der Waals surface area contributed by atoms with Crippen LogP contribution in [0.25, 0.3) is 55.8 Å². The Kier molecular flexibility index (Phi) is 24.2. The van der Waals surface area contributed by atoms with Crippen LogP contribution in [-0.4, -0.2) is 318 Å². The van der Waals surface area contributed by atoms with Crippen molar-refractivity contribution in [2.45, 2.75) is 123 Å². The molecule has 0 spiro atoms. The zero-order chi connectivity index (χ0) is 75.5. The number of fused-ring (bicyclic) bond motifs is 5. The van der Waals surface area contributed by atoms with Gasteiger partial charge in [0.15, 0.2) is 88.5 Å². The molecule has 10 aromatic rings. The monoisotopic (exact) mass is 1510 g/mol. The summed E-state index contributed by atoms with van der Waals surface area (Å²) < 4.78 is 56.5. The van der Waals surface area contributed by atoms with Crippen LogP contribution in [0.15, 0.2) is 63.3 Å². The number of imidazole rings is 5. The summed E-state index contributed by atoms with van der Waals surface area (Å²) in [7, 11) is -10.1. The number of hydrogen-bond acceptors (Lipinski definition) is 43. The maximum atomic E-state index is 9.95. The number of anilines is 5. The molecule has 10 aromatic heterocycles. The Hall–Kier alpha value is -8.79. The normalized spacial score (nSPS) is 29.6. The number of ether oxygens (including phenoxy) is 5. The summed E-state index contributed by atoms with van der Waals surface area (Å²) >= 11 is 0. The molecule has 5 fully saturated rings. The molecular formula is C50H69N25O27P2. The molecule has 52 nitrogen and oxygen atoms in total. The van der Waals surface area contributed by atoms with Gasteiger partial charge in [0.25, 0.3) is 0 Å². The van der Waals surface area contributed by atoms with Crippen LogP contribution in [0.3, 0.4) is 0 Å². The van der Waals surface area contributed by atoms with Gasteiger partial charge in [0.2, 0.25) is 0 Å². The number of nitrogens with two attached hydrogens (primary N) is 5. The molecule has 29 N–H and O–H groups in total. The Bertz CT molecular complexity index is 4010. The number of rotatable bonds is 12. The summed E-state index contributed by atoms with van der Waals surface area (Å²) in [6.07, 6.45) is -7.11. The number of phosphoric acid groups is 2. The fraction of sp³-hybridized carbons (Fsp3) is 0.500. The van der Waals surface area contributed by atoms with Crippen LogP contribution < -0.4 is 28.7 Å².